The van der Waals surface area contributed by atoms with Crippen molar-refractivity contribution >= 4 is 12.4 Å². The average Bonchev–Trinajstić information content (AvgIpc) is 2.17. The highest BCUT2D eigenvalue weighted by Gasteiger charge is 2.10. The van der Waals surface area contributed by atoms with Crippen molar-refractivity contribution in [3.05, 3.63) is 23.0 Å². The van der Waals surface area contributed by atoms with Gasteiger partial charge in [0.05, 0.1) is 12.8 Å². The van der Waals surface area contributed by atoms with E-state index in [1.807, 2.05) is 6.92 Å². The number of aryl methyl sites for hydroxylation is 1. The van der Waals surface area contributed by atoms with Crippen LogP contribution in [-0.4, -0.2) is 12.1 Å². The molecule has 4 N–H and O–H groups in total. The van der Waals surface area contributed by atoms with E-state index in [0.29, 0.717) is 13.1 Å². The molecular formula is C9H16ClN3O. The highest BCUT2D eigenvalue weighted by Crippen LogP contribution is 2.23. The van der Waals surface area contributed by atoms with E-state index in [1.54, 1.807) is 13.3 Å². The summed E-state index contributed by atoms with van der Waals surface area (Å²) in [4.78, 5) is 4.17. The third-order valence-corrected chi connectivity index (χ3v) is 2.03. The van der Waals surface area contributed by atoms with Crippen LogP contribution in [0.15, 0.2) is 6.20 Å². The molecule has 80 valence electrons. The molecule has 0 aliphatic rings. The molecule has 0 bridgehead atoms. The summed E-state index contributed by atoms with van der Waals surface area (Å²) in [6.45, 7) is 2.76. The summed E-state index contributed by atoms with van der Waals surface area (Å²) in [7, 11) is 1.61. The number of hydrogen-bond donors (Lipinski definition) is 2. The number of aromatic nitrogens is 1. The van der Waals surface area contributed by atoms with Crippen molar-refractivity contribution in [1.29, 1.82) is 0 Å². The van der Waals surface area contributed by atoms with Crippen LogP contribution in [0.25, 0.3) is 0 Å². The van der Waals surface area contributed by atoms with Gasteiger partial charge in [0.15, 0.2) is 0 Å². The van der Waals surface area contributed by atoms with Gasteiger partial charge in [0, 0.05) is 24.8 Å². The van der Waals surface area contributed by atoms with Crippen LogP contribution in [0.2, 0.25) is 0 Å². The van der Waals surface area contributed by atoms with Crippen molar-refractivity contribution in [3.8, 4) is 5.75 Å². The first kappa shape index (κ1) is 13.2. The molecule has 0 atom stereocenters. The summed E-state index contributed by atoms with van der Waals surface area (Å²) < 4.78 is 5.21. The van der Waals surface area contributed by atoms with Gasteiger partial charge in [-0.1, -0.05) is 0 Å². The van der Waals surface area contributed by atoms with Crippen LogP contribution in [0.4, 0.5) is 0 Å². The summed E-state index contributed by atoms with van der Waals surface area (Å²) in [5.41, 5.74) is 13.9. The van der Waals surface area contributed by atoms with Crippen LogP contribution >= 0.6 is 12.4 Å². The van der Waals surface area contributed by atoms with Crippen molar-refractivity contribution in [3.63, 3.8) is 0 Å². The normalized spacial score (nSPS) is 9.43. The van der Waals surface area contributed by atoms with Crippen LogP contribution in [0.1, 0.15) is 16.8 Å². The van der Waals surface area contributed by atoms with E-state index >= 15 is 0 Å². The van der Waals surface area contributed by atoms with E-state index in [9.17, 15) is 0 Å². The lowest BCUT2D eigenvalue weighted by Gasteiger charge is -2.12. The van der Waals surface area contributed by atoms with Crippen LogP contribution in [0, 0.1) is 6.92 Å². The number of hydrogen-bond acceptors (Lipinski definition) is 4. The van der Waals surface area contributed by atoms with Crippen molar-refractivity contribution < 1.29 is 4.74 Å². The standard InChI is InChI=1S/C9H15N3O.ClH/c1-6-9(13-2)8(4-11)7(3-10)5-12-6;/h5H,3-4,10-11H2,1-2H3;1H. The lowest BCUT2D eigenvalue weighted by molar-refractivity contribution is 0.403. The molecule has 0 spiro atoms. The lowest BCUT2D eigenvalue weighted by Crippen LogP contribution is -2.10. The third-order valence-electron chi connectivity index (χ3n) is 2.03. The molecule has 1 rings (SSSR count). The molecule has 1 aromatic heterocycles. The molecule has 1 heterocycles. The zero-order chi connectivity index (χ0) is 9.84. The van der Waals surface area contributed by atoms with Crippen molar-refractivity contribution in [2.75, 3.05) is 7.11 Å². The first-order valence-corrected chi connectivity index (χ1v) is 4.16. The minimum atomic E-state index is 0. The molecule has 5 heteroatoms. The van der Waals surface area contributed by atoms with E-state index in [0.717, 1.165) is 22.6 Å². The Labute approximate surface area is 90.1 Å². The van der Waals surface area contributed by atoms with Crippen molar-refractivity contribution in [1.82, 2.24) is 4.98 Å². The number of ether oxygens (including phenoxy) is 1. The first-order chi connectivity index (χ1) is 6.24. The van der Waals surface area contributed by atoms with E-state index in [4.69, 9.17) is 16.2 Å². The SMILES string of the molecule is COc1c(C)ncc(CN)c1CN.Cl. The second kappa shape index (κ2) is 5.80. The molecule has 0 aromatic carbocycles. The Kier molecular flexibility index (Phi) is 5.45. The minimum absolute atomic E-state index is 0. The Morgan fingerprint density at radius 3 is 2.43 bits per heavy atom. The summed E-state index contributed by atoms with van der Waals surface area (Å²) >= 11 is 0. The van der Waals surface area contributed by atoms with Crippen LogP contribution in [-0.2, 0) is 13.1 Å². The molecule has 1 aromatic rings. The third kappa shape index (κ3) is 2.35. The average molecular weight is 218 g/mol. The second-order valence-electron chi connectivity index (χ2n) is 2.79. The Morgan fingerprint density at radius 2 is 2.00 bits per heavy atom. The molecule has 14 heavy (non-hydrogen) atoms. The molecule has 0 aliphatic carbocycles. The molecule has 0 amide bonds. The summed E-state index contributed by atoms with van der Waals surface area (Å²) in [5.74, 6) is 0.755. The fourth-order valence-electron chi connectivity index (χ4n) is 1.35. The Hall–Kier alpha value is -0.840. The summed E-state index contributed by atoms with van der Waals surface area (Å²) in [6, 6.07) is 0. The molecule has 0 fully saturated rings. The quantitative estimate of drug-likeness (QED) is 0.783. The monoisotopic (exact) mass is 217 g/mol. The number of nitrogens with zero attached hydrogens (tertiary/aromatic N) is 1. The van der Waals surface area contributed by atoms with E-state index in [2.05, 4.69) is 4.98 Å². The van der Waals surface area contributed by atoms with Crippen LogP contribution in [0.5, 0.6) is 5.75 Å². The molecular weight excluding hydrogens is 202 g/mol. The van der Waals surface area contributed by atoms with Gasteiger partial charge in [-0.25, -0.2) is 0 Å². The van der Waals surface area contributed by atoms with E-state index < -0.39 is 0 Å². The Bertz CT molecular complexity index is 304. The molecule has 0 unspecified atom stereocenters. The molecule has 4 nitrogen and oxygen atoms in total. The number of pyridine rings is 1. The van der Waals surface area contributed by atoms with Gasteiger partial charge >= 0.3 is 0 Å². The lowest BCUT2D eigenvalue weighted by atomic mass is 10.1. The highest BCUT2D eigenvalue weighted by molar-refractivity contribution is 5.85. The zero-order valence-corrected chi connectivity index (χ0v) is 9.23. The van der Waals surface area contributed by atoms with Crippen molar-refractivity contribution in [2.24, 2.45) is 11.5 Å². The maximum atomic E-state index is 5.61. The number of methoxy groups -OCH3 is 1. The van der Waals surface area contributed by atoms with Gasteiger partial charge in [0.25, 0.3) is 0 Å². The summed E-state index contributed by atoms with van der Waals surface area (Å²) in [5, 5.41) is 0. The molecule has 0 radical (unpaired) electrons. The number of rotatable bonds is 3. The predicted octanol–water partition coefficient (Wildman–Crippen LogP) is 0.738. The fourth-order valence-corrected chi connectivity index (χ4v) is 1.35. The summed E-state index contributed by atoms with van der Waals surface area (Å²) in [6.07, 6.45) is 1.75. The van der Waals surface area contributed by atoms with Gasteiger partial charge in [-0.3, -0.25) is 4.98 Å². The predicted molar refractivity (Wildman–Crippen MR) is 58.6 cm³/mol. The molecule has 0 saturated heterocycles. The molecule has 0 aliphatic heterocycles. The van der Waals surface area contributed by atoms with E-state index in [1.165, 1.54) is 0 Å². The van der Waals surface area contributed by atoms with Crippen molar-refractivity contribution in [2.45, 2.75) is 20.0 Å². The number of halogens is 1. The second-order valence-corrected chi connectivity index (χ2v) is 2.79. The topological polar surface area (TPSA) is 74.2 Å². The Balaban J connectivity index is 0.00000169. The zero-order valence-electron chi connectivity index (χ0n) is 8.41. The molecule has 0 saturated carbocycles. The van der Waals surface area contributed by atoms with Gasteiger partial charge in [0.2, 0.25) is 0 Å². The fraction of sp³-hybridized carbons (Fsp3) is 0.444. The van der Waals surface area contributed by atoms with Gasteiger partial charge in [-0.15, -0.1) is 12.4 Å². The van der Waals surface area contributed by atoms with Gasteiger partial charge in [0.1, 0.15) is 5.75 Å². The maximum Gasteiger partial charge on any atom is 0.144 e. The maximum absolute atomic E-state index is 5.61. The first-order valence-electron chi connectivity index (χ1n) is 4.16. The van der Waals surface area contributed by atoms with E-state index in [-0.39, 0.29) is 12.4 Å². The largest absolute Gasteiger partial charge is 0.495 e. The van der Waals surface area contributed by atoms with Gasteiger partial charge in [-0.2, -0.15) is 0 Å². The smallest absolute Gasteiger partial charge is 0.144 e. The van der Waals surface area contributed by atoms with Gasteiger partial charge < -0.3 is 16.2 Å². The Morgan fingerprint density at radius 1 is 1.36 bits per heavy atom. The minimum Gasteiger partial charge on any atom is -0.495 e. The number of nitrogens with two attached hydrogens (primary N) is 2. The van der Waals surface area contributed by atoms with Gasteiger partial charge in [-0.05, 0) is 12.5 Å². The highest BCUT2D eigenvalue weighted by atomic mass is 35.5. The van der Waals surface area contributed by atoms with Crippen LogP contribution in [0.3, 0.4) is 0 Å². The van der Waals surface area contributed by atoms with Crippen LogP contribution < -0.4 is 16.2 Å².